The normalized spacial score (nSPS) is 12.7. The van der Waals surface area contributed by atoms with Gasteiger partial charge in [-0.15, -0.1) is 11.3 Å². The van der Waals surface area contributed by atoms with Gasteiger partial charge in [0.25, 0.3) is 0 Å². The molecule has 0 bridgehead atoms. The van der Waals surface area contributed by atoms with Gasteiger partial charge in [0.1, 0.15) is 0 Å². The summed E-state index contributed by atoms with van der Waals surface area (Å²) >= 11 is 11.5. The number of alkyl halides is 1. The molecule has 0 fully saturated rings. The van der Waals surface area contributed by atoms with E-state index in [1.807, 2.05) is 11.4 Å². The molecule has 2 rings (SSSR count). The Kier molecular flexibility index (Phi) is 4.06. The summed E-state index contributed by atoms with van der Waals surface area (Å²) in [6.45, 7) is 2.10. The highest BCUT2D eigenvalue weighted by Gasteiger charge is 2.13. The fourth-order valence-electron chi connectivity index (χ4n) is 1.55. The minimum Gasteiger partial charge on any atom is -0.146 e. The highest BCUT2D eigenvalue weighted by molar-refractivity contribution is 9.09. The van der Waals surface area contributed by atoms with E-state index in [1.165, 1.54) is 16.0 Å². The van der Waals surface area contributed by atoms with Gasteiger partial charge in [-0.1, -0.05) is 57.4 Å². The number of hydrogen-bond acceptors (Lipinski definition) is 1. The number of benzene rings is 1. The summed E-state index contributed by atoms with van der Waals surface area (Å²) < 4.78 is 0. The Balaban J connectivity index is 2.10. The number of hydrogen-bond donors (Lipinski definition) is 0. The first kappa shape index (κ1) is 12.2. The molecule has 0 aliphatic heterocycles. The van der Waals surface area contributed by atoms with Crippen molar-refractivity contribution in [3.8, 4) is 0 Å². The van der Waals surface area contributed by atoms with E-state index in [-0.39, 0.29) is 0 Å². The SMILES string of the molecule is Cc1ccc(CC(Br)c2sccc2Cl)cc1. The van der Waals surface area contributed by atoms with Gasteiger partial charge in [-0.3, -0.25) is 0 Å². The molecule has 84 valence electrons. The van der Waals surface area contributed by atoms with E-state index in [9.17, 15) is 0 Å². The van der Waals surface area contributed by atoms with Crippen molar-refractivity contribution >= 4 is 38.9 Å². The van der Waals surface area contributed by atoms with E-state index in [2.05, 4.69) is 47.1 Å². The van der Waals surface area contributed by atoms with Crippen molar-refractivity contribution in [1.82, 2.24) is 0 Å². The van der Waals surface area contributed by atoms with Crippen LogP contribution in [0.3, 0.4) is 0 Å². The van der Waals surface area contributed by atoms with Crippen LogP contribution in [-0.4, -0.2) is 0 Å². The van der Waals surface area contributed by atoms with Crippen molar-refractivity contribution < 1.29 is 0 Å². The molecule has 0 saturated heterocycles. The standard InChI is InChI=1S/C13H12BrClS/c1-9-2-4-10(5-3-9)8-11(14)13-12(15)6-7-16-13/h2-7,11H,8H2,1H3. The molecule has 0 N–H and O–H groups in total. The van der Waals surface area contributed by atoms with Crippen LogP contribution in [0.1, 0.15) is 20.8 Å². The topological polar surface area (TPSA) is 0 Å². The molecule has 2 aromatic rings. The van der Waals surface area contributed by atoms with Crippen molar-refractivity contribution in [2.24, 2.45) is 0 Å². The Bertz CT molecular complexity index is 461. The molecule has 1 unspecified atom stereocenters. The summed E-state index contributed by atoms with van der Waals surface area (Å²) in [5.74, 6) is 0. The number of halogens is 2. The van der Waals surface area contributed by atoms with Gasteiger partial charge in [0.15, 0.2) is 0 Å². The molecule has 0 aliphatic carbocycles. The monoisotopic (exact) mass is 314 g/mol. The lowest BCUT2D eigenvalue weighted by Gasteiger charge is -2.08. The van der Waals surface area contributed by atoms with Gasteiger partial charge in [0, 0.05) is 4.88 Å². The summed E-state index contributed by atoms with van der Waals surface area (Å²) in [7, 11) is 0. The molecule has 0 amide bonds. The van der Waals surface area contributed by atoms with Crippen LogP contribution in [0.25, 0.3) is 0 Å². The van der Waals surface area contributed by atoms with E-state index in [0.717, 1.165) is 11.4 Å². The maximum absolute atomic E-state index is 6.11. The van der Waals surface area contributed by atoms with E-state index in [1.54, 1.807) is 11.3 Å². The maximum atomic E-state index is 6.11. The average molecular weight is 316 g/mol. The second kappa shape index (κ2) is 5.35. The number of aryl methyl sites for hydroxylation is 1. The minimum atomic E-state index is 0.308. The Morgan fingerprint density at radius 1 is 1.25 bits per heavy atom. The van der Waals surface area contributed by atoms with Crippen molar-refractivity contribution in [3.05, 3.63) is 56.7 Å². The van der Waals surface area contributed by atoms with Crippen LogP contribution in [0.4, 0.5) is 0 Å². The lowest BCUT2D eigenvalue weighted by Crippen LogP contribution is -1.93. The van der Waals surface area contributed by atoms with Gasteiger partial charge in [0.05, 0.1) is 9.85 Å². The van der Waals surface area contributed by atoms with Crippen LogP contribution in [0.15, 0.2) is 35.7 Å². The van der Waals surface area contributed by atoms with Gasteiger partial charge in [-0.2, -0.15) is 0 Å². The summed E-state index contributed by atoms with van der Waals surface area (Å²) in [4.78, 5) is 1.52. The van der Waals surface area contributed by atoms with Crippen molar-refractivity contribution in [1.29, 1.82) is 0 Å². The van der Waals surface area contributed by atoms with Crippen molar-refractivity contribution in [2.45, 2.75) is 18.2 Å². The van der Waals surface area contributed by atoms with Crippen LogP contribution in [0, 0.1) is 6.92 Å². The molecule has 1 aromatic heterocycles. The fraction of sp³-hybridized carbons (Fsp3) is 0.231. The van der Waals surface area contributed by atoms with Crippen LogP contribution >= 0.6 is 38.9 Å². The average Bonchev–Trinajstić information content (AvgIpc) is 2.68. The first-order chi connectivity index (χ1) is 7.66. The van der Waals surface area contributed by atoms with E-state index in [0.29, 0.717) is 4.83 Å². The molecule has 0 saturated carbocycles. The zero-order valence-corrected chi connectivity index (χ0v) is 12.1. The van der Waals surface area contributed by atoms with Crippen molar-refractivity contribution in [3.63, 3.8) is 0 Å². The predicted octanol–water partition coefficient (Wildman–Crippen LogP) is 5.39. The zero-order valence-electron chi connectivity index (χ0n) is 8.91. The maximum Gasteiger partial charge on any atom is 0.0556 e. The number of thiophene rings is 1. The molecule has 1 aromatic carbocycles. The van der Waals surface area contributed by atoms with Gasteiger partial charge >= 0.3 is 0 Å². The quantitative estimate of drug-likeness (QED) is 0.666. The summed E-state index contributed by atoms with van der Waals surface area (Å²) in [6, 6.07) is 10.6. The molecule has 16 heavy (non-hydrogen) atoms. The van der Waals surface area contributed by atoms with Crippen LogP contribution in [0.2, 0.25) is 5.02 Å². The first-order valence-corrected chi connectivity index (χ1v) is 7.26. The first-order valence-electron chi connectivity index (χ1n) is 5.09. The highest BCUT2D eigenvalue weighted by Crippen LogP contribution is 2.36. The fourth-order valence-corrected chi connectivity index (χ4v) is 3.79. The molecule has 0 nitrogen and oxygen atoms in total. The Morgan fingerprint density at radius 3 is 2.50 bits per heavy atom. The Hall–Kier alpha value is -0.310. The third kappa shape index (κ3) is 2.88. The van der Waals surface area contributed by atoms with E-state index >= 15 is 0 Å². The van der Waals surface area contributed by atoms with Gasteiger partial charge in [0.2, 0.25) is 0 Å². The molecule has 1 heterocycles. The van der Waals surface area contributed by atoms with Gasteiger partial charge in [-0.25, -0.2) is 0 Å². The molecular weight excluding hydrogens is 304 g/mol. The molecule has 0 aliphatic rings. The van der Waals surface area contributed by atoms with Crippen molar-refractivity contribution in [2.75, 3.05) is 0 Å². The number of rotatable bonds is 3. The molecule has 0 radical (unpaired) electrons. The Morgan fingerprint density at radius 2 is 1.94 bits per heavy atom. The Labute approximate surface area is 113 Å². The van der Waals surface area contributed by atoms with E-state index in [4.69, 9.17) is 11.6 Å². The molecule has 3 heteroatoms. The summed E-state index contributed by atoms with van der Waals surface area (Å²) in [6.07, 6.45) is 0.973. The summed E-state index contributed by atoms with van der Waals surface area (Å²) in [5, 5.41) is 2.89. The third-order valence-electron chi connectivity index (χ3n) is 2.46. The van der Waals surface area contributed by atoms with Gasteiger partial charge < -0.3 is 0 Å². The van der Waals surface area contributed by atoms with Crippen LogP contribution < -0.4 is 0 Å². The second-order valence-corrected chi connectivity index (χ2v) is 6.25. The van der Waals surface area contributed by atoms with Crippen LogP contribution in [-0.2, 0) is 6.42 Å². The largest absolute Gasteiger partial charge is 0.146 e. The second-order valence-electron chi connectivity index (χ2n) is 3.79. The highest BCUT2D eigenvalue weighted by atomic mass is 79.9. The minimum absolute atomic E-state index is 0.308. The lowest BCUT2D eigenvalue weighted by molar-refractivity contribution is 0.968. The molecule has 1 atom stereocenters. The molecular formula is C13H12BrClS. The smallest absolute Gasteiger partial charge is 0.0556 e. The molecule has 0 spiro atoms. The third-order valence-corrected chi connectivity index (χ3v) is 5.02. The van der Waals surface area contributed by atoms with Gasteiger partial charge in [-0.05, 0) is 30.4 Å². The summed E-state index contributed by atoms with van der Waals surface area (Å²) in [5.41, 5.74) is 2.63. The van der Waals surface area contributed by atoms with E-state index < -0.39 is 0 Å². The lowest BCUT2D eigenvalue weighted by atomic mass is 10.1. The van der Waals surface area contributed by atoms with Crippen LogP contribution in [0.5, 0.6) is 0 Å². The predicted molar refractivity (Wildman–Crippen MR) is 75.9 cm³/mol. The zero-order chi connectivity index (χ0) is 11.5.